The standard InChI is InChI=1S/C14H17NO4/c1-3-19-14(18)12(10(2)16)9-15-13(17)11-7-5-4-6-8-11/h4-8,12H,3,9H2,1-2H3,(H,15,17). The van der Waals surface area contributed by atoms with Gasteiger partial charge in [-0.15, -0.1) is 0 Å². The minimum Gasteiger partial charge on any atom is -0.465 e. The lowest BCUT2D eigenvalue weighted by Gasteiger charge is -2.13. The molecule has 19 heavy (non-hydrogen) atoms. The first kappa shape index (κ1) is 14.9. The topological polar surface area (TPSA) is 72.5 Å². The van der Waals surface area contributed by atoms with Gasteiger partial charge in [0.1, 0.15) is 11.7 Å². The van der Waals surface area contributed by atoms with E-state index in [0.29, 0.717) is 5.56 Å². The average Bonchev–Trinajstić information content (AvgIpc) is 2.39. The number of esters is 1. The van der Waals surface area contributed by atoms with Crippen molar-refractivity contribution >= 4 is 17.7 Å². The summed E-state index contributed by atoms with van der Waals surface area (Å²) in [6, 6.07) is 8.59. The minimum absolute atomic E-state index is 0.0537. The summed E-state index contributed by atoms with van der Waals surface area (Å²) in [6.07, 6.45) is 0. The van der Waals surface area contributed by atoms with Gasteiger partial charge in [-0.25, -0.2) is 0 Å². The van der Waals surface area contributed by atoms with Crippen molar-refractivity contribution in [2.75, 3.05) is 13.2 Å². The lowest BCUT2D eigenvalue weighted by atomic mass is 10.1. The summed E-state index contributed by atoms with van der Waals surface area (Å²) in [4.78, 5) is 34.7. The van der Waals surface area contributed by atoms with Crippen molar-refractivity contribution in [2.45, 2.75) is 13.8 Å². The van der Waals surface area contributed by atoms with E-state index >= 15 is 0 Å². The van der Waals surface area contributed by atoms with Crippen LogP contribution in [0.1, 0.15) is 24.2 Å². The molecule has 0 heterocycles. The molecule has 5 nitrogen and oxygen atoms in total. The summed E-state index contributed by atoms with van der Waals surface area (Å²) in [7, 11) is 0. The van der Waals surface area contributed by atoms with Crippen LogP contribution in [0.5, 0.6) is 0 Å². The number of hydrogen-bond donors (Lipinski definition) is 1. The molecule has 0 spiro atoms. The largest absolute Gasteiger partial charge is 0.465 e. The third-order valence-corrected chi connectivity index (χ3v) is 2.56. The number of Topliss-reactive ketones (excluding diaryl/α,β-unsaturated/α-hetero) is 1. The van der Waals surface area contributed by atoms with Gasteiger partial charge in [0.25, 0.3) is 5.91 Å². The second-order valence-corrected chi connectivity index (χ2v) is 3.99. The van der Waals surface area contributed by atoms with E-state index in [4.69, 9.17) is 4.74 Å². The Hall–Kier alpha value is -2.17. The molecule has 1 amide bonds. The van der Waals surface area contributed by atoms with E-state index in [9.17, 15) is 14.4 Å². The molecule has 0 aliphatic heterocycles. The maximum Gasteiger partial charge on any atom is 0.318 e. The van der Waals surface area contributed by atoms with Crippen LogP contribution in [-0.4, -0.2) is 30.8 Å². The van der Waals surface area contributed by atoms with Crippen LogP contribution >= 0.6 is 0 Å². The number of ketones is 1. The Kier molecular flexibility index (Phi) is 5.73. The fraction of sp³-hybridized carbons (Fsp3) is 0.357. The zero-order chi connectivity index (χ0) is 14.3. The Bertz CT molecular complexity index is 456. The fourth-order valence-corrected chi connectivity index (χ4v) is 1.52. The Balaban J connectivity index is 2.60. The molecule has 1 aromatic carbocycles. The number of rotatable bonds is 6. The Morgan fingerprint density at radius 2 is 1.84 bits per heavy atom. The number of carbonyl (C=O) groups excluding carboxylic acids is 3. The molecule has 1 unspecified atom stereocenters. The average molecular weight is 263 g/mol. The zero-order valence-electron chi connectivity index (χ0n) is 11.0. The Labute approximate surface area is 111 Å². The molecule has 1 atom stereocenters. The summed E-state index contributed by atoms with van der Waals surface area (Å²) >= 11 is 0. The van der Waals surface area contributed by atoms with E-state index in [0.717, 1.165) is 0 Å². The predicted octanol–water partition coefficient (Wildman–Crippen LogP) is 1.18. The molecular formula is C14H17NO4. The number of nitrogens with one attached hydrogen (secondary N) is 1. The maximum absolute atomic E-state index is 11.8. The molecule has 0 aromatic heterocycles. The fourth-order valence-electron chi connectivity index (χ4n) is 1.52. The van der Waals surface area contributed by atoms with Crippen LogP contribution in [0.15, 0.2) is 30.3 Å². The number of amides is 1. The van der Waals surface area contributed by atoms with Gasteiger partial charge in [-0.3, -0.25) is 14.4 Å². The van der Waals surface area contributed by atoms with Gasteiger partial charge in [0.05, 0.1) is 6.61 Å². The van der Waals surface area contributed by atoms with Crippen LogP contribution in [0.4, 0.5) is 0 Å². The number of hydrogen-bond acceptors (Lipinski definition) is 4. The van der Waals surface area contributed by atoms with E-state index < -0.39 is 11.9 Å². The van der Waals surface area contributed by atoms with Crippen LogP contribution in [0.2, 0.25) is 0 Å². The zero-order valence-corrected chi connectivity index (χ0v) is 11.0. The van der Waals surface area contributed by atoms with Crippen LogP contribution in [0, 0.1) is 5.92 Å². The molecule has 0 bridgehead atoms. The van der Waals surface area contributed by atoms with Crippen molar-refractivity contribution in [3.8, 4) is 0 Å². The highest BCUT2D eigenvalue weighted by molar-refractivity contribution is 5.99. The molecule has 0 fully saturated rings. The molecular weight excluding hydrogens is 246 g/mol. The van der Waals surface area contributed by atoms with Gasteiger partial charge >= 0.3 is 5.97 Å². The second-order valence-electron chi connectivity index (χ2n) is 3.99. The molecule has 0 aliphatic rings. The number of benzene rings is 1. The van der Waals surface area contributed by atoms with E-state index in [-0.39, 0.29) is 24.8 Å². The van der Waals surface area contributed by atoms with Crippen molar-refractivity contribution in [2.24, 2.45) is 5.92 Å². The molecule has 1 aromatic rings. The van der Waals surface area contributed by atoms with Crippen molar-refractivity contribution in [3.05, 3.63) is 35.9 Å². The lowest BCUT2D eigenvalue weighted by molar-refractivity contribution is -0.150. The highest BCUT2D eigenvalue weighted by Crippen LogP contribution is 2.03. The van der Waals surface area contributed by atoms with Crippen molar-refractivity contribution in [1.82, 2.24) is 5.32 Å². The normalized spacial score (nSPS) is 11.5. The van der Waals surface area contributed by atoms with Crippen LogP contribution < -0.4 is 5.32 Å². The highest BCUT2D eigenvalue weighted by atomic mass is 16.5. The quantitative estimate of drug-likeness (QED) is 0.618. The van der Waals surface area contributed by atoms with Crippen LogP contribution in [-0.2, 0) is 14.3 Å². The molecule has 0 aliphatic carbocycles. The molecule has 5 heteroatoms. The van der Waals surface area contributed by atoms with Gasteiger partial charge in [-0.05, 0) is 26.0 Å². The third kappa shape index (κ3) is 4.54. The first-order valence-corrected chi connectivity index (χ1v) is 6.06. The predicted molar refractivity (Wildman–Crippen MR) is 69.6 cm³/mol. The molecule has 0 radical (unpaired) electrons. The van der Waals surface area contributed by atoms with Crippen molar-refractivity contribution in [1.29, 1.82) is 0 Å². The highest BCUT2D eigenvalue weighted by Gasteiger charge is 2.25. The summed E-state index contributed by atoms with van der Waals surface area (Å²) in [5, 5.41) is 2.56. The summed E-state index contributed by atoms with van der Waals surface area (Å²) in [5.74, 6) is -2.21. The molecule has 102 valence electrons. The first-order valence-electron chi connectivity index (χ1n) is 6.06. The van der Waals surface area contributed by atoms with Crippen LogP contribution in [0.3, 0.4) is 0 Å². The summed E-state index contributed by atoms with van der Waals surface area (Å²) in [6.45, 7) is 3.12. The number of ether oxygens (including phenoxy) is 1. The van der Waals surface area contributed by atoms with E-state index in [2.05, 4.69) is 5.32 Å². The van der Waals surface area contributed by atoms with Gasteiger partial charge < -0.3 is 10.1 Å². The Morgan fingerprint density at radius 1 is 1.21 bits per heavy atom. The molecule has 1 N–H and O–H groups in total. The molecule has 0 saturated heterocycles. The summed E-state index contributed by atoms with van der Waals surface area (Å²) in [5.41, 5.74) is 0.480. The van der Waals surface area contributed by atoms with Gasteiger partial charge in [-0.2, -0.15) is 0 Å². The monoisotopic (exact) mass is 263 g/mol. The van der Waals surface area contributed by atoms with Gasteiger partial charge in [-0.1, -0.05) is 18.2 Å². The third-order valence-electron chi connectivity index (χ3n) is 2.56. The van der Waals surface area contributed by atoms with Crippen molar-refractivity contribution < 1.29 is 19.1 Å². The smallest absolute Gasteiger partial charge is 0.318 e. The first-order chi connectivity index (χ1) is 9.06. The van der Waals surface area contributed by atoms with Gasteiger partial charge in [0.2, 0.25) is 0 Å². The van der Waals surface area contributed by atoms with Gasteiger partial charge in [0, 0.05) is 12.1 Å². The van der Waals surface area contributed by atoms with E-state index in [1.54, 1.807) is 37.3 Å². The Morgan fingerprint density at radius 3 is 2.37 bits per heavy atom. The second kappa shape index (κ2) is 7.31. The minimum atomic E-state index is -0.951. The lowest BCUT2D eigenvalue weighted by Crippen LogP contribution is -2.37. The summed E-state index contributed by atoms with van der Waals surface area (Å²) < 4.78 is 4.79. The maximum atomic E-state index is 11.8. The van der Waals surface area contributed by atoms with Crippen LogP contribution in [0.25, 0.3) is 0 Å². The van der Waals surface area contributed by atoms with Gasteiger partial charge in [0.15, 0.2) is 0 Å². The van der Waals surface area contributed by atoms with E-state index in [1.165, 1.54) is 6.92 Å². The SMILES string of the molecule is CCOC(=O)C(CNC(=O)c1ccccc1)C(C)=O. The molecule has 0 saturated carbocycles. The van der Waals surface area contributed by atoms with E-state index in [1.807, 2.05) is 0 Å². The molecule has 1 rings (SSSR count). The van der Waals surface area contributed by atoms with Crippen molar-refractivity contribution in [3.63, 3.8) is 0 Å². The number of carbonyl (C=O) groups is 3.